The molecule has 110 valence electrons. The van der Waals surface area contributed by atoms with Gasteiger partial charge in [0.1, 0.15) is 5.75 Å². The summed E-state index contributed by atoms with van der Waals surface area (Å²) in [6.45, 7) is 0. The Labute approximate surface area is 142 Å². The molecular weight excluding hydrogens is 397 g/mol. The van der Waals surface area contributed by atoms with Crippen LogP contribution < -0.4 is 10.1 Å². The molecule has 0 spiro atoms. The number of para-hydroxylation sites is 1. The minimum absolute atomic E-state index is 0.0418. The first-order valence-corrected chi connectivity index (χ1v) is 8.56. The van der Waals surface area contributed by atoms with Crippen LogP contribution in [0.5, 0.6) is 5.75 Å². The van der Waals surface area contributed by atoms with Gasteiger partial charge in [-0.3, -0.25) is 4.79 Å². The van der Waals surface area contributed by atoms with Gasteiger partial charge in [-0.1, -0.05) is 12.1 Å². The van der Waals surface area contributed by atoms with Crippen LogP contribution in [0.4, 0.5) is 5.69 Å². The van der Waals surface area contributed by atoms with Crippen LogP contribution >= 0.6 is 34.4 Å². The highest BCUT2D eigenvalue weighted by atomic mass is 127. The van der Waals surface area contributed by atoms with E-state index in [4.69, 9.17) is 4.74 Å². The molecule has 0 heterocycles. The minimum Gasteiger partial charge on any atom is -0.497 e. The van der Waals surface area contributed by atoms with E-state index in [0.29, 0.717) is 6.42 Å². The molecule has 0 aliphatic carbocycles. The van der Waals surface area contributed by atoms with Crippen LogP contribution in [-0.4, -0.2) is 18.8 Å². The van der Waals surface area contributed by atoms with Crippen LogP contribution in [-0.2, 0) is 4.79 Å². The summed E-state index contributed by atoms with van der Waals surface area (Å²) < 4.78 is 6.16. The molecule has 2 rings (SSSR count). The number of carbonyl (C=O) groups excluding carboxylic acids is 1. The second kappa shape index (κ2) is 8.29. The predicted octanol–water partition coefficient (Wildman–Crippen LogP) is 4.42. The maximum Gasteiger partial charge on any atom is 0.225 e. The third kappa shape index (κ3) is 5.24. The predicted molar refractivity (Wildman–Crippen MR) is 96.1 cm³/mol. The average molecular weight is 413 g/mol. The number of thioether (sulfide) groups is 1. The Bertz CT molecular complexity index is 601. The third-order valence-electron chi connectivity index (χ3n) is 2.81. The molecule has 2 aromatic carbocycles. The van der Waals surface area contributed by atoms with Gasteiger partial charge in [-0.15, -0.1) is 11.8 Å². The van der Waals surface area contributed by atoms with E-state index in [9.17, 15) is 4.79 Å². The lowest BCUT2D eigenvalue weighted by molar-refractivity contribution is -0.115. The summed E-state index contributed by atoms with van der Waals surface area (Å²) in [7, 11) is 1.65. The lowest BCUT2D eigenvalue weighted by atomic mass is 10.3. The van der Waals surface area contributed by atoms with Crippen molar-refractivity contribution in [1.29, 1.82) is 0 Å². The minimum atomic E-state index is 0.0418. The van der Waals surface area contributed by atoms with Crippen molar-refractivity contribution in [2.75, 3.05) is 18.2 Å². The van der Waals surface area contributed by atoms with E-state index < -0.39 is 0 Å². The van der Waals surface area contributed by atoms with Crippen molar-refractivity contribution in [1.82, 2.24) is 0 Å². The maximum absolute atomic E-state index is 11.9. The summed E-state index contributed by atoms with van der Waals surface area (Å²) >= 11 is 3.88. The Morgan fingerprint density at radius 3 is 2.57 bits per heavy atom. The molecule has 0 aliphatic heterocycles. The van der Waals surface area contributed by atoms with E-state index in [2.05, 4.69) is 27.9 Å². The van der Waals surface area contributed by atoms with Crippen LogP contribution in [0, 0.1) is 3.57 Å². The number of methoxy groups -OCH3 is 1. The maximum atomic E-state index is 11.9. The van der Waals surface area contributed by atoms with Crippen molar-refractivity contribution in [2.45, 2.75) is 11.3 Å². The molecular formula is C16H16INO2S. The van der Waals surface area contributed by atoms with Crippen LogP contribution in [0.2, 0.25) is 0 Å². The third-order valence-corrected chi connectivity index (χ3v) is 4.76. The molecule has 1 N–H and O–H groups in total. The number of ether oxygens (including phenoxy) is 1. The number of rotatable bonds is 6. The molecule has 1 amide bonds. The zero-order valence-corrected chi connectivity index (χ0v) is 14.6. The number of hydrogen-bond donors (Lipinski definition) is 1. The van der Waals surface area contributed by atoms with Gasteiger partial charge in [-0.2, -0.15) is 0 Å². The standard InChI is InChI=1S/C16H16INO2S/c1-20-12-6-8-13(9-7-12)21-11-10-16(19)18-15-5-3-2-4-14(15)17/h2-9H,10-11H2,1H3,(H,18,19). The first-order valence-electron chi connectivity index (χ1n) is 6.50. The van der Waals surface area contributed by atoms with Crippen molar-refractivity contribution in [3.8, 4) is 5.75 Å². The fourth-order valence-corrected chi connectivity index (χ4v) is 3.08. The number of halogens is 1. The monoisotopic (exact) mass is 413 g/mol. The van der Waals surface area contributed by atoms with Crippen molar-refractivity contribution in [3.63, 3.8) is 0 Å². The molecule has 0 bridgehead atoms. The van der Waals surface area contributed by atoms with Crippen molar-refractivity contribution >= 4 is 45.9 Å². The summed E-state index contributed by atoms with van der Waals surface area (Å²) in [5.74, 6) is 1.64. The Kier molecular flexibility index (Phi) is 6.38. The van der Waals surface area contributed by atoms with Crippen LogP contribution in [0.15, 0.2) is 53.4 Å². The van der Waals surface area contributed by atoms with Gasteiger partial charge in [0.2, 0.25) is 5.91 Å². The van der Waals surface area contributed by atoms with Gasteiger partial charge in [0, 0.05) is 20.6 Å². The van der Waals surface area contributed by atoms with E-state index in [1.165, 1.54) is 0 Å². The van der Waals surface area contributed by atoms with E-state index in [1.54, 1.807) is 18.9 Å². The van der Waals surface area contributed by atoms with Crippen LogP contribution in [0.25, 0.3) is 0 Å². The summed E-state index contributed by atoms with van der Waals surface area (Å²) in [6.07, 6.45) is 0.488. The Morgan fingerprint density at radius 2 is 1.90 bits per heavy atom. The summed E-state index contributed by atoms with van der Waals surface area (Å²) in [4.78, 5) is 13.0. The molecule has 2 aromatic rings. The van der Waals surface area contributed by atoms with Gasteiger partial charge in [-0.25, -0.2) is 0 Å². The zero-order valence-electron chi connectivity index (χ0n) is 11.6. The van der Waals surface area contributed by atoms with Crippen LogP contribution in [0.3, 0.4) is 0 Å². The fraction of sp³-hybridized carbons (Fsp3) is 0.188. The molecule has 0 saturated heterocycles. The number of benzene rings is 2. The second-order valence-electron chi connectivity index (χ2n) is 4.30. The summed E-state index contributed by atoms with van der Waals surface area (Å²) in [5.41, 5.74) is 0.873. The number of nitrogens with one attached hydrogen (secondary N) is 1. The lowest BCUT2D eigenvalue weighted by Crippen LogP contribution is -2.12. The normalized spacial score (nSPS) is 10.2. The number of carbonyl (C=O) groups is 1. The number of anilines is 1. The Hall–Kier alpha value is -1.21. The second-order valence-corrected chi connectivity index (χ2v) is 6.63. The largest absolute Gasteiger partial charge is 0.497 e. The molecule has 0 saturated carbocycles. The molecule has 0 unspecified atom stereocenters. The molecule has 0 atom stereocenters. The molecule has 21 heavy (non-hydrogen) atoms. The van der Waals surface area contributed by atoms with E-state index in [-0.39, 0.29) is 5.91 Å². The van der Waals surface area contributed by atoms with Crippen molar-refractivity contribution in [2.24, 2.45) is 0 Å². The van der Waals surface area contributed by atoms with Gasteiger partial charge in [0.25, 0.3) is 0 Å². The fourth-order valence-electron chi connectivity index (χ4n) is 1.71. The van der Waals surface area contributed by atoms with Gasteiger partial charge in [0.15, 0.2) is 0 Å². The molecule has 0 aliphatic rings. The average Bonchev–Trinajstić information content (AvgIpc) is 2.50. The molecule has 3 nitrogen and oxygen atoms in total. The van der Waals surface area contributed by atoms with E-state index in [0.717, 1.165) is 25.7 Å². The highest BCUT2D eigenvalue weighted by Crippen LogP contribution is 2.22. The van der Waals surface area contributed by atoms with Gasteiger partial charge in [-0.05, 0) is 59.0 Å². The number of amides is 1. The highest BCUT2D eigenvalue weighted by molar-refractivity contribution is 14.1. The van der Waals surface area contributed by atoms with E-state index in [1.807, 2.05) is 48.5 Å². The quantitative estimate of drug-likeness (QED) is 0.563. The molecule has 0 fully saturated rings. The lowest BCUT2D eigenvalue weighted by Gasteiger charge is -2.07. The molecule has 0 radical (unpaired) electrons. The van der Waals surface area contributed by atoms with Gasteiger partial charge in [0.05, 0.1) is 12.8 Å². The van der Waals surface area contributed by atoms with Crippen LogP contribution in [0.1, 0.15) is 6.42 Å². The zero-order chi connectivity index (χ0) is 15.1. The first kappa shape index (κ1) is 16.2. The molecule has 5 heteroatoms. The summed E-state index contributed by atoms with van der Waals surface area (Å²) in [5, 5.41) is 2.93. The first-order chi connectivity index (χ1) is 10.2. The number of hydrogen-bond acceptors (Lipinski definition) is 3. The van der Waals surface area contributed by atoms with Crippen molar-refractivity contribution in [3.05, 3.63) is 52.1 Å². The van der Waals surface area contributed by atoms with Gasteiger partial charge < -0.3 is 10.1 Å². The summed E-state index contributed by atoms with van der Waals surface area (Å²) in [6, 6.07) is 15.6. The molecule has 0 aromatic heterocycles. The van der Waals surface area contributed by atoms with Crippen molar-refractivity contribution < 1.29 is 9.53 Å². The van der Waals surface area contributed by atoms with E-state index >= 15 is 0 Å². The Morgan fingerprint density at radius 1 is 1.19 bits per heavy atom. The smallest absolute Gasteiger partial charge is 0.225 e. The SMILES string of the molecule is COc1ccc(SCCC(=O)Nc2ccccc2I)cc1. The Balaban J connectivity index is 1.77. The highest BCUT2D eigenvalue weighted by Gasteiger charge is 2.05. The van der Waals surface area contributed by atoms with Gasteiger partial charge >= 0.3 is 0 Å². The topological polar surface area (TPSA) is 38.3 Å².